The van der Waals surface area contributed by atoms with E-state index in [1.807, 2.05) is 6.92 Å². The lowest BCUT2D eigenvalue weighted by molar-refractivity contribution is 0.0988. The second-order valence-corrected chi connectivity index (χ2v) is 4.07. The summed E-state index contributed by atoms with van der Waals surface area (Å²) in [5.74, 6) is -0.466. The van der Waals surface area contributed by atoms with Crippen molar-refractivity contribution in [2.75, 3.05) is 0 Å². The molecule has 0 saturated heterocycles. The van der Waals surface area contributed by atoms with E-state index < -0.39 is 0 Å². The van der Waals surface area contributed by atoms with Gasteiger partial charge in [0, 0.05) is 11.8 Å². The summed E-state index contributed by atoms with van der Waals surface area (Å²) in [4.78, 5) is 11.7. The van der Waals surface area contributed by atoms with E-state index in [1.165, 1.54) is 12.1 Å². The molecule has 2 aromatic rings. The van der Waals surface area contributed by atoms with Crippen molar-refractivity contribution in [2.24, 2.45) is 0 Å². The summed E-state index contributed by atoms with van der Waals surface area (Å²) < 4.78 is 16.6. The first-order valence-corrected chi connectivity index (χ1v) is 5.56. The van der Waals surface area contributed by atoms with Gasteiger partial charge in [-0.1, -0.05) is 10.6 Å². The monoisotopic (exact) mass is 236 g/mol. The van der Waals surface area contributed by atoms with E-state index in [1.54, 1.807) is 11.4 Å². The maximum atomic E-state index is 13.0. The van der Waals surface area contributed by atoms with Crippen LogP contribution in [0, 0.1) is 12.7 Å². The van der Waals surface area contributed by atoms with E-state index in [2.05, 4.69) is 9.59 Å². The van der Waals surface area contributed by atoms with Gasteiger partial charge in [-0.25, -0.2) is 4.39 Å². The highest BCUT2D eigenvalue weighted by Crippen LogP contribution is 2.13. The van der Waals surface area contributed by atoms with Crippen molar-refractivity contribution in [2.45, 2.75) is 13.3 Å². The Balaban J connectivity index is 2.21. The fraction of sp³-hybridized carbons (Fsp3) is 0.182. The van der Waals surface area contributed by atoms with Gasteiger partial charge < -0.3 is 0 Å². The van der Waals surface area contributed by atoms with Gasteiger partial charge in [-0.3, -0.25) is 4.79 Å². The molecule has 1 aromatic carbocycles. The van der Waals surface area contributed by atoms with Gasteiger partial charge in [-0.2, -0.15) is 0 Å². The zero-order chi connectivity index (χ0) is 11.5. The van der Waals surface area contributed by atoms with Crippen LogP contribution < -0.4 is 0 Å². The summed E-state index contributed by atoms with van der Waals surface area (Å²) >= 11 is 1.13. The topological polar surface area (TPSA) is 42.9 Å². The Morgan fingerprint density at radius 3 is 3.00 bits per heavy atom. The van der Waals surface area contributed by atoms with Gasteiger partial charge in [0.1, 0.15) is 11.5 Å². The Hall–Kier alpha value is -1.62. The van der Waals surface area contributed by atoms with Crippen LogP contribution in [-0.2, 0) is 6.42 Å². The van der Waals surface area contributed by atoms with E-state index >= 15 is 0 Å². The second kappa shape index (κ2) is 4.49. The van der Waals surface area contributed by atoms with Crippen LogP contribution in [0.15, 0.2) is 23.6 Å². The minimum Gasteiger partial charge on any atom is -0.292 e. The predicted octanol–water partition coefficient (Wildman–Crippen LogP) is 2.41. The van der Waals surface area contributed by atoms with E-state index in [-0.39, 0.29) is 18.0 Å². The zero-order valence-electron chi connectivity index (χ0n) is 8.61. The highest BCUT2D eigenvalue weighted by Gasteiger charge is 2.11. The molecule has 0 bridgehead atoms. The first kappa shape index (κ1) is 10.9. The molecular weight excluding hydrogens is 227 g/mol. The van der Waals surface area contributed by atoms with Crippen LogP contribution in [0.4, 0.5) is 4.39 Å². The summed E-state index contributed by atoms with van der Waals surface area (Å²) in [6.45, 7) is 1.85. The van der Waals surface area contributed by atoms with Crippen LogP contribution in [0.25, 0.3) is 0 Å². The van der Waals surface area contributed by atoms with Gasteiger partial charge in [-0.05, 0) is 41.7 Å². The number of carbonyl (C=O) groups is 1. The second-order valence-electron chi connectivity index (χ2n) is 3.46. The van der Waals surface area contributed by atoms with E-state index in [4.69, 9.17) is 0 Å². The highest BCUT2D eigenvalue weighted by atomic mass is 32.1. The Morgan fingerprint density at radius 2 is 2.31 bits per heavy atom. The average Bonchev–Trinajstić information content (AvgIpc) is 2.76. The SMILES string of the molecule is Cc1ccc(F)cc1CC(=O)c1csnn1. The Morgan fingerprint density at radius 1 is 1.50 bits per heavy atom. The first-order chi connectivity index (χ1) is 7.66. The molecule has 0 amide bonds. The van der Waals surface area contributed by atoms with Gasteiger partial charge >= 0.3 is 0 Å². The molecule has 0 fully saturated rings. The quantitative estimate of drug-likeness (QED) is 0.768. The third kappa shape index (κ3) is 2.30. The maximum Gasteiger partial charge on any atom is 0.188 e. The molecule has 3 nitrogen and oxygen atoms in total. The van der Waals surface area contributed by atoms with Gasteiger partial charge in [0.15, 0.2) is 5.78 Å². The number of nitrogens with zero attached hydrogens (tertiary/aromatic N) is 2. The molecule has 2 rings (SSSR count). The number of rotatable bonds is 3. The van der Waals surface area contributed by atoms with Crippen LogP contribution >= 0.6 is 11.5 Å². The normalized spacial score (nSPS) is 10.4. The number of Topliss-reactive ketones (excluding diaryl/α,β-unsaturated/α-hetero) is 1. The van der Waals surface area contributed by atoms with E-state index in [0.29, 0.717) is 11.3 Å². The van der Waals surface area contributed by atoms with Crippen LogP contribution in [0.1, 0.15) is 21.6 Å². The third-order valence-corrected chi connectivity index (χ3v) is 2.81. The molecule has 5 heteroatoms. The molecule has 0 aliphatic heterocycles. The molecule has 82 valence electrons. The Kier molecular flexibility index (Phi) is 3.05. The lowest BCUT2D eigenvalue weighted by atomic mass is 10.0. The molecule has 0 aliphatic carbocycles. The molecule has 0 saturated carbocycles. The van der Waals surface area contributed by atoms with Crippen LogP contribution in [-0.4, -0.2) is 15.4 Å². The number of carbonyl (C=O) groups excluding carboxylic acids is 1. The minimum absolute atomic E-state index is 0.137. The van der Waals surface area contributed by atoms with Crippen molar-refractivity contribution >= 4 is 17.3 Å². The lowest BCUT2D eigenvalue weighted by Crippen LogP contribution is -2.05. The van der Waals surface area contributed by atoms with Crippen molar-refractivity contribution in [3.63, 3.8) is 0 Å². The predicted molar refractivity (Wildman–Crippen MR) is 59.1 cm³/mol. The minimum atomic E-state index is -0.329. The maximum absolute atomic E-state index is 13.0. The molecule has 0 spiro atoms. The van der Waals surface area contributed by atoms with Crippen molar-refractivity contribution in [3.05, 3.63) is 46.2 Å². The number of ketones is 1. The van der Waals surface area contributed by atoms with Crippen molar-refractivity contribution in [3.8, 4) is 0 Å². The zero-order valence-corrected chi connectivity index (χ0v) is 9.42. The molecule has 1 heterocycles. The summed E-state index contributed by atoms with van der Waals surface area (Å²) in [7, 11) is 0. The van der Waals surface area contributed by atoms with Crippen LogP contribution in [0.3, 0.4) is 0 Å². The van der Waals surface area contributed by atoms with Crippen molar-refractivity contribution in [1.82, 2.24) is 9.59 Å². The fourth-order valence-corrected chi connectivity index (χ4v) is 1.84. The third-order valence-electron chi connectivity index (χ3n) is 2.31. The van der Waals surface area contributed by atoms with Crippen LogP contribution in [0.2, 0.25) is 0 Å². The van der Waals surface area contributed by atoms with Crippen molar-refractivity contribution in [1.29, 1.82) is 0 Å². The number of benzene rings is 1. The number of hydrogen-bond donors (Lipinski definition) is 0. The molecule has 0 aliphatic rings. The number of halogens is 1. The molecular formula is C11H9FN2OS. The Bertz CT molecular complexity index is 511. The fourth-order valence-electron chi connectivity index (χ4n) is 1.38. The molecule has 0 atom stereocenters. The molecule has 16 heavy (non-hydrogen) atoms. The summed E-state index contributed by atoms with van der Waals surface area (Å²) in [5.41, 5.74) is 1.93. The van der Waals surface area contributed by atoms with Gasteiger partial charge in [-0.15, -0.1) is 5.10 Å². The molecule has 0 N–H and O–H groups in total. The molecule has 1 aromatic heterocycles. The summed E-state index contributed by atoms with van der Waals surface area (Å²) in [6.07, 6.45) is 0.162. The molecule has 0 radical (unpaired) electrons. The summed E-state index contributed by atoms with van der Waals surface area (Å²) in [6, 6.07) is 4.43. The summed E-state index contributed by atoms with van der Waals surface area (Å²) in [5, 5.41) is 5.28. The Labute approximate surface area is 96.1 Å². The largest absolute Gasteiger partial charge is 0.292 e. The van der Waals surface area contributed by atoms with Crippen LogP contribution in [0.5, 0.6) is 0 Å². The number of aryl methyl sites for hydroxylation is 1. The van der Waals surface area contributed by atoms with Gasteiger partial charge in [0.05, 0.1) is 0 Å². The first-order valence-electron chi connectivity index (χ1n) is 4.72. The lowest BCUT2D eigenvalue weighted by Gasteiger charge is -2.03. The van der Waals surface area contributed by atoms with E-state index in [9.17, 15) is 9.18 Å². The van der Waals surface area contributed by atoms with E-state index in [0.717, 1.165) is 17.1 Å². The van der Waals surface area contributed by atoms with Gasteiger partial charge in [0.2, 0.25) is 0 Å². The number of hydrogen-bond acceptors (Lipinski definition) is 4. The van der Waals surface area contributed by atoms with Crippen molar-refractivity contribution < 1.29 is 9.18 Å². The smallest absolute Gasteiger partial charge is 0.188 e. The van der Waals surface area contributed by atoms with Gasteiger partial charge in [0.25, 0.3) is 0 Å². The highest BCUT2D eigenvalue weighted by molar-refractivity contribution is 7.03. The standard InChI is InChI=1S/C11H9FN2OS/c1-7-2-3-9(12)4-8(7)5-11(15)10-6-16-14-13-10/h2-4,6H,5H2,1H3. The molecule has 0 unspecified atom stereocenters. The average molecular weight is 236 g/mol. The number of aromatic nitrogens is 2.